The van der Waals surface area contributed by atoms with Gasteiger partial charge in [-0.05, 0) is 25.0 Å². The molecular weight excluding hydrogens is 284 g/mol. The number of hydrogen-bond acceptors (Lipinski definition) is 4. The Morgan fingerprint density at radius 3 is 2.95 bits per heavy atom. The number of nitrogens with one attached hydrogen (secondary N) is 2. The maximum absolute atomic E-state index is 12.1. The molecule has 114 valence electrons. The van der Waals surface area contributed by atoms with Crippen molar-refractivity contribution in [1.82, 2.24) is 10.6 Å². The van der Waals surface area contributed by atoms with E-state index < -0.39 is 5.91 Å². The van der Waals surface area contributed by atoms with E-state index in [4.69, 9.17) is 4.42 Å². The summed E-state index contributed by atoms with van der Waals surface area (Å²) < 4.78 is 5.46. The maximum atomic E-state index is 12.1. The first-order valence-corrected chi connectivity index (χ1v) is 7.24. The molecule has 1 aliphatic rings. The van der Waals surface area contributed by atoms with E-state index in [1.165, 1.54) is 6.07 Å². The van der Waals surface area contributed by atoms with Crippen molar-refractivity contribution >= 4 is 22.8 Å². The third-order valence-corrected chi connectivity index (χ3v) is 3.77. The fraction of sp³-hybridized carbons (Fsp3) is 0.312. The van der Waals surface area contributed by atoms with Crippen LogP contribution in [0.2, 0.25) is 0 Å². The minimum atomic E-state index is -0.485. The molecule has 0 radical (unpaired) electrons. The number of rotatable bonds is 3. The summed E-state index contributed by atoms with van der Waals surface area (Å²) in [4.78, 5) is 35.7. The molecule has 3 rings (SSSR count). The minimum Gasteiger partial charge on any atom is -0.451 e. The summed E-state index contributed by atoms with van der Waals surface area (Å²) in [5.74, 6) is -0.808. The second kappa shape index (κ2) is 6.01. The van der Waals surface area contributed by atoms with E-state index >= 15 is 0 Å². The van der Waals surface area contributed by atoms with E-state index in [1.54, 1.807) is 24.3 Å². The van der Waals surface area contributed by atoms with Gasteiger partial charge in [-0.2, -0.15) is 0 Å². The molecule has 0 spiro atoms. The zero-order valence-corrected chi connectivity index (χ0v) is 11.9. The van der Waals surface area contributed by atoms with Crippen LogP contribution in [0, 0.1) is 5.92 Å². The number of fused-ring (bicyclic) bond motifs is 1. The van der Waals surface area contributed by atoms with Gasteiger partial charge < -0.3 is 15.1 Å². The highest BCUT2D eigenvalue weighted by molar-refractivity contribution is 5.93. The van der Waals surface area contributed by atoms with Crippen molar-refractivity contribution in [3.05, 3.63) is 46.3 Å². The molecule has 6 heteroatoms. The summed E-state index contributed by atoms with van der Waals surface area (Å²) in [6.07, 6.45) is 1.64. The fourth-order valence-electron chi connectivity index (χ4n) is 2.55. The Balaban J connectivity index is 1.75. The number of carbonyl (C=O) groups is 2. The monoisotopic (exact) mass is 300 g/mol. The molecule has 1 fully saturated rings. The third-order valence-electron chi connectivity index (χ3n) is 3.77. The van der Waals surface area contributed by atoms with Gasteiger partial charge in [-0.25, -0.2) is 0 Å². The molecule has 2 N–H and O–H groups in total. The van der Waals surface area contributed by atoms with Crippen LogP contribution in [0.1, 0.15) is 23.4 Å². The molecule has 22 heavy (non-hydrogen) atoms. The molecule has 0 saturated carbocycles. The van der Waals surface area contributed by atoms with Crippen molar-refractivity contribution in [2.75, 3.05) is 13.1 Å². The van der Waals surface area contributed by atoms with Crippen molar-refractivity contribution in [3.8, 4) is 0 Å². The van der Waals surface area contributed by atoms with E-state index in [2.05, 4.69) is 10.6 Å². The van der Waals surface area contributed by atoms with Gasteiger partial charge in [-0.15, -0.1) is 0 Å². The second-order valence-electron chi connectivity index (χ2n) is 5.31. The molecular formula is C16H16N2O4. The van der Waals surface area contributed by atoms with Crippen molar-refractivity contribution in [2.24, 2.45) is 5.92 Å². The topological polar surface area (TPSA) is 88.4 Å². The van der Waals surface area contributed by atoms with Crippen LogP contribution in [0.3, 0.4) is 0 Å². The van der Waals surface area contributed by atoms with E-state index in [0.717, 1.165) is 12.8 Å². The summed E-state index contributed by atoms with van der Waals surface area (Å²) in [6, 6.07) is 7.94. The molecule has 1 aliphatic heterocycles. The molecule has 0 bridgehead atoms. The summed E-state index contributed by atoms with van der Waals surface area (Å²) in [5, 5.41) is 5.86. The van der Waals surface area contributed by atoms with Crippen molar-refractivity contribution in [2.45, 2.75) is 12.8 Å². The minimum absolute atomic E-state index is 0.0417. The van der Waals surface area contributed by atoms with Gasteiger partial charge in [0.1, 0.15) is 5.58 Å². The predicted octanol–water partition coefficient (Wildman–Crippen LogP) is 1.05. The molecule has 1 atom stereocenters. The molecule has 1 unspecified atom stereocenters. The lowest BCUT2D eigenvalue weighted by molar-refractivity contribution is -0.126. The molecule has 0 aliphatic carbocycles. The summed E-state index contributed by atoms with van der Waals surface area (Å²) in [7, 11) is 0. The Morgan fingerprint density at radius 2 is 2.14 bits per heavy atom. The number of carbonyl (C=O) groups excluding carboxylic acids is 2. The molecule has 2 amide bonds. The Labute approximate surface area is 126 Å². The fourth-order valence-corrected chi connectivity index (χ4v) is 2.55. The molecule has 1 saturated heterocycles. The van der Waals surface area contributed by atoms with E-state index in [1.807, 2.05) is 0 Å². The first-order valence-electron chi connectivity index (χ1n) is 7.24. The Bertz CT molecular complexity index is 781. The predicted molar refractivity (Wildman–Crippen MR) is 80.6 cm³/mol. The Kier molecular flexibility index (Phi) is 3.91. The third kappa shape index (κ3) is 2.86. The Hall–Kier alpha value is -2.63. The van der Waals surface area contributed by atoms with E-state index in [-0.39, 0.29) is 29.6 Å². The highest BCUT2D eigenvalue weighted by Crippen LogP contribution is 2.13. The lowest BCUT2D eigenvalue weighted by atomic mass is 9.99. The van der Waals surface area contributed by atoms with Crippen LogP contribution in [-0.4, -0.2) is 24.9 Å². The zero-order chi connectivity index (χ0) is 15.5. The van der Waals surface area contributed by atoms with Crippen LogP contribution >= 0.6 is 0 Å². The molecule has 1 aromatic heterocycles. The van der Waals surface area contributed by atoms with Crippen LogP contribution in [0.25, 0.3) is 11.0 Å². The lowest BCUT2D eigenvalue weighted by Crippen LogP contribution is -2.42. The van der Waals surface area contributed by atoms with Crippen LogP contribution in [0.4, 0.5) is 0 Å². The smallest absolute Gasteiger partial charge is 0.287 e. The standard InChI is InChI=1S/C16H16N2O4/c19-12-8-14(22-13-6-2-1-5-11(12)13)16(21)18-9-10-4-3-7-17-15(10)20/h1-2,5-6,8,10H,3-4,7,9H2,(H,17,20)(H,18,21). The first kappa shape index (κ1) is 14.3. The summed E-state index contributed by atoms with van der Waals surface area (Å²) in [6.45, 7) is 0.921. The van der Waals surface area contributed by atoms with Gasteiger partial charge >= 0.3 is 0 Å². The number of hydrogen-bond donors (Lipinski definition) is 2. The maximum Gasteiger partial charge on any atom is 0.287 e. The number of para-hydroxylation sites is 1. The largest absolute Gasteiger partial charge is 0.451 e. The van der Waals surface area contributed by atoms with Gasteiger partial charge in [-0.3, -0.25) is 14.4 Å². The molecule has 1 aromatic carbocycles. The highest BCUT2D eigenvalue weighted by Gasteiger charge is 2.23. The highest BCUT2D eigenvalue weighted by atomic mass is 16.3. The van der Waals surface area contributed by atoms with E-state index in [9.17, 15) is 14.4 Å². The van der Waals surface area contributed by atoms with E-state index in [0.29, 0.717) is 17.5 Å². The summed E-state index contributed by atoms with van der Waals surface area (Å²) in [5.41, 5.74) is 0.109. The van der Waals surface area contributed by atoms with Crippen molar-refractivity contribution in [1.29, 1.82) is 0 Å². The van der Waals surface area contributed by atoms with Gasteiger partial charge in [0.05, 0.1) is 11.3 Å². The van der Waals surface area contributed by atoms with Gasteiger partial charge in [0.25, 0.3) is 5.91 Å². The van der Waals surface area contributed by atoms with Gasteiger partial charge in [-0.1, -0.05) is 12.1 Å². The van der Waals surface area contributed by atoms with Crippen molar-refractivity contribution in [3.63, 3.8) is 0 Å². The van der Waals surface area contributed by atoms with Crippen LogP contribution in [-0.2, 0) is 4.79 Å². The van der Waals surface area contributed by atoms with Crippen molar-refractivity contribution < 1.29 is 14.0 Å². The summed E-state index contributed by atoms with van der Waals surface area (Å²) >= 11 is 0. The van der Waals surface area contributed by atoms with Crippen LogP contribution in [0.15, 0.2) is 39.5 Å². The average Bonchev–Trinajstić information content (AvgIpc) is 2.54. The Morgan fingerprint density at radius 1 is 1.32 bits per heavy atom. The molecule has 2 heterocycles. The van der Waals surface area contributed by atoms with Gasteiger partial charge in [0, 0.05) is 19.2 Å². The van der Waals surface area contributed by atoms with Crippen LogP contribution in [0.5, 0.6) is 0 Å². The average molecular weight is 300 g/mol. The lowest BCUT2D eigenvalue weighted by Gasteiger charge is -2.21. The normalized spacial score (nSPS) is 18.0. The van der Waals surface area contributed by atoms with Crippen LogP contribution < -0.4 is 16.1 Å². The molecule has 6 nitrogen and oxygen atoms in total. The van der Waals surface area contributed by atoms with Gasteiger partial charge in [0.2, 0.25) is 5.91 Å². The quantitative estimate of drug-likeness (QED) is 0.886. The molecule has 2 aromatic rings. The first-order chi connectivity index (χ1) is 10.6. The zero-order valence-electron chi connectivity index (χ0n) is 11.9. The SMILES string of the molecule is O=C(NCC1CCCNC1=O)c1cc(=O)c2ccccc2o1. The van der Waals surface area contributed by atoms with Gasteiger partial charge in [0.15, 0.2) is 11.2 Å². The number of benzene rings is 1. The number of piperidine rings is 1. The number of amides is 2. The second-order valence-corrected chi connectivity index (χ2v) is 5.31.